The average Bonchev–Trinajstić information content (AvgIpc) is 3.05. The number of nitrogens with two attached hydrogens (primary N) is 1. The molecule has 0 saturated carbocycles. The summed E-state index contributed by atoms with van der Waals surface area (Å²) < 4.78 is 8.26. The van der Waals surface area contributed by atoms with Gasteiger partial charge in [0.15, 0.2) is 5.76 Å². The molecule has 5 nitrogen and oxygen atoms in total. The molecule has 1 aromatic carbocycles. The van der Waals surface area contributed by atoms with Gasteiger partial charge in [-0.25, -0.2) is 5.84 Å². The van der Waals surface area contributed by atoms with E-state index in [0.29, 0.717) is 6.54 Å². The van der Waals surface area contributed by atoms with Crippen molar-refractivity contribution in [3.63, 3.8) is 0 Å². The van der Waals surface area contributed by atoms with Crippen molar-refractivity contribution in [2.24, 2.45) is 5.84 Å². The number of furan rings is 1. The van der Waals surface area contributed by atoms with Gasteiger partial charge < -0.3 is 8.98 Å². The molecule has 2 aromatic heterocycles. The Labute approximate surface area is 123 Å². The number of para-hydroxylation sites is 1. The van der Waals surface area contributed by atoms with Crippen LogP contribution in [0.1, 0.15) is 16.1 Å². The summed E-state index contributed by atoms with van der Waals surface area (Å²) in [7, 11) is 0. The van der Waals surface area contributed by atoms with Gasteiger partial charge in [-0.3, -0.25) is 10.2 Å². The van der Waals surface area contributed by atoms with Crippen LogP contribution >= 0.6 is 15.9 Å². The first-order valence-electron chi connectivity index (χ1n) is 6.01. The van der Waals surface area contributed by atoms with Crippen LogP contribution in [-0.2, 0) is 6.54 Å². The third kappa shape index (κ3) is 2.13. The molecule has 0 aliphatic heterocycles. The second-order valence-electron chi connectivity index (χ2n) is 4.37. The number of aromatic nitrogens is 1. The fourth-order valence-electron chi connectivity index (χ4n) is 2.24. The van der Waals surface area contributed by atoms with Gasteiger partial charge in [0.1, 0.15) is 0 Å². The number of carbonyl (C=O) groups is 1. The van der Waals surface area contributed by atoms with Gasteiger partial charge in [0.2, 0.25) is 0 Å². The number of halogens is 1. The van der Waals surface area contributed by atoms with Gasteiger partial charge in [0, 0.05) is 27.1 Å². The molecule has 0 saturated heterocycles. The van der Waals surface area contributed by atoms with Gasteiger partial charge in [-0.15, -0.1) is 0 Å². The number of nitrogen functional groups attached to an aromatic ring is 1. The molecular formula is C14H12BrN3O2. The lowest BCUT2D eigenvalue weighted by Gasteiger charge is -2.05. The van der Waals surface area contributed by atoms with Crippen molar-refractivity contribution in [2.45, 2.75) is 6.54 Å². The maximum atomic E-state index is 11.6. The third-order valence-corrected chi connectivity index (χ3v) is 3.80. The molecule has 1 amide bonds. The number of hydrazine groups is 1. The fraction of sp³-hybridized carbons (Fsp3) is 0.0714. The van der Waals surface area contributed by atoms with Crippen LogP contribution in [0.3, 0.4) is 0 Å². The smallest absolute Gasteiger partial charge is 0.301 e. The van der Waals surface area contributed by atoms with Crippen molar-refractivity contribution in [2.75, 3.05) is 0 Å². The Morgan fingerprint density at radius 1 is 1.35 bits per heavy atom. The number of nitrogens with zero attached hydrogens (tertiary/aromatic N) is 1. The van der Waals surface area contributed by atoms with E-state index in [1.807, 2.05) is 30.5 Å². The average molecular weight is 334 g/mol. The first-order valence-corrected chi connectivity index (χ1v) is 6.80. The number of benzene rings is 1. The fourth-order valence-corrected chi connectivity index (χ4v) is 2.82. The number of carbonyl (C=O) groups excluding carboxylic acids is 1. The van der Waals surface area contributed by atoms with Crippen LogP contribution in [0.15, 0.2) is 51.7 Å². The maximum Gasteiger partial charge on any atom is 0.301 e. The van der Waals surface area contributed by atoms with Crippen LogP contribution in [-0.4, -0.2) is 10.5 Å². The summed E-state index contributed by atoms with van der Waals surface area (Å²) in [6.45, 7) is 0.533. The summed E-state index contributed by atoms with van der Waals surface area (Å²) in [6.07, 6.45) is 3.47. The summed E-state index contributed by atoms with van der Waals surface area (Å²) in [5.74, 6) is 4.95. The molecule has 0 unspecified atom stereocenters. The number of nitrogens with one attached hydrogen (secondary N) is 1. The van der Waals surface area contributed by atoms with Crippen LogP contribution in [0.4, 0.5) is 0 Å². The highest BCUT2D eigenvalue weighted by atomic mass is 79.9. The molecular weight excluding hydrogens is 322 g/mol. The van der Waals surface area contributed by atoms with Gasteiger partial charge in [0.25, 0.3) is 0 Å². The first kappa shape index (κ1) is 13.0. The highest BCUT2D eigenvalue weighted by molar-refractivity contribution is 9.10. The summed E-state index contributed by atoms with van der Waals surface area (Å²) in [5.41, 5.74) is 3.95. The molecule has 0 bridgehead atoms. The molecule has 3 aromatic rings. The SMILES string of the molecule is NNC(=O)c1occc1Cn1cc(Br)c2ccccc21. The summed E-state index contributed by atoms with van der Waals surface area (Å²) in [6, 6.07) is 9.81. The Kier molecular flexibility index (Phi) is 3.33. The zero-order valence-electron chi connectivity index (χ0n) is 10.5. The van der Waals surface area contributed by atoms with E-state index in [1.54, 1.807) is 6.07 Å². The van der Waals surface area contributed by atoms with Crippen LogP contribution in [0, 0.1) is 0 Å². The Balaban J connectivity index is 2.02. The molecule has 2 heterocycles. The van der Waals surface area contributed by atoms with E-state index in [1.165, 1.54) is 6.26 Å². The van der Waals surface area contributed by atoms with Crippen molar-refractivity contribution in [3.05, 3.63) is 58.6 Å². The monoisotopic (exact) mass is 333 g/mol. The number of amides is 1. The predicted molar refractivity (Wildman–Crippen MR) is 79.1 cm³/mol. The highest BCUT2D eigenvalue weighted by Gasteiger charge is 2.15. The molecule has 6 heteroatoms. The zero-order chi connectivity index (χ0) is 14.1. The lowest BCUT2D eigenvalue weighted by Crippen LogP contribution is -2.30. The van der Waals surface area contributed by atoms with Crippen LogP contribution in [0.25, 0.3) is 10.9 Å². The number of rotatable bonds is 3. The number of fused-ring (bicyclic) bond motifs is 1. The van der Waals surface area contributed by atoms with Gasteiger partial charge >= 0.3 is 5.91 Å². The molecule has 0 spiro atoms. The molecule has 0 atom stereocenters. The summed E-state index contributed by atoms with van der Waals surface area (Å²) in [4.78, 5) is 11.6. The number of hydrogen-bond donors (Lipinski definition) is 2. The van der Waals surface area contributed by atoms with Crippen LogP contribution in [0.2, 0.25) is 0 Å². The van der Waals surface area contributed by atoms with Crippen molar-refractivity contribution >= 4 is 32.7 Å². The maximum absolute atomic E-state index is 11.6. The highest BCUT2D eigenvalue weighted by Crippen LogP contribution is 2.27. The minimum atomic E-state index is -0.430. The topological polar surface area (TPSA) is 73.2 Å². The van der Waals surface area contributed by atoms with E-state index >= 15 is 0 Å². The van der Waals surface area contributed by atoms with Gasteiger partial charge in [0.05, 0.1) is 12.8 Å². The number of hydrogen-bond acceptors (Lipinski definition) is 3. The van der Waals surface area contributed by atoms with E-state index < -0.39 is 5.91 Å². The lowest BCUT2D eigenvalue weighted by molar-refractivity contribution is 0.0924. The van der Waals surface area contributed by atoms with E-state index in [9.17, 15) is 4.79 Å². The molecule has 0 aliphatic carbocycles. The second kappa shape index (κ2) is 5.15. The van der Waals surface area contributed by atoms with Crippen LogP contribution in [0.5, 0.6) is 0 Å². The molecule has 0 aliphatic rings. The van der Waals surface area contributed by atoms with E-state index in [-0.39, 0.29) is 5.76 Å². The van der Waals surface area contributed by atoms with Crippen molar-refractivity contribution in [1.29, 1.82) is 0 Å². The van der Waals surface area contributed by atoms with Crippen molar-refractivity contribution in [3.8, 4) is 0 Å². The third-order valence-electron chi connectivity index (χ3n) is 3.16. The van der Waals surface area contributed by atoms with Gasteiger partial charge in [-0.05, 0) is 28.1 Å². The largest absolute Gasteiger partial charge is 0.459 e. The molecule has 3 N–H and O–H groups in total. The lowest BCUT2D eigenvalue weighted by atomic mass is 10.2. The summed E-state index contributed by atoms with van der Waals surface area (Å²) in [5, 5.41) is 1.13. The Bertz CT molecular complexity index is 776. The van der Waals surface area contributed by atoms with Crippen LogP contribution < -0.4 is 11.3 Å². The Morgan fingerprint density at radius 2 is 2.15 bits per heavy atom. The first-order chi connectivity index (χ1) is 9.70. The molecule has 0 fully saturated rings. The molecule has 0 radical (unpaired) electrons. The van der Waals surface area contributed by atoms with Crippen molar-refractivity contribution in [1.82, 2.24) is 9.99 Å². The zero-order valence-corrected chi connectivity index (χ0v) is 12.1. The quantitative estimate of drug-likeness (QED) is 0.439. The Morgan fingerprint density at radius 3 is 2.95 bits per heavy atom. The van der Waals surface area contributed by atoms with E-state index in [2.05, 4.69) is 25.9 Å². The normalized spacial score (nSPS) is 10.9. The minimum absolute atomic E-state index is 0.237. The minimum Gasteiger partial charge on any atom is -0.459 e. The predicted octanol–water partition coefficient (Wildman–Crippen LogP) is 2.65. The van der Waals surface area contributed by atoms with E-state index in [0.717, 1.165) is 20.9 Å². The molecule has 102 valence electrons. The standard InChI is InChI=1S/C14H12BrN3O2/c15-11-8-18(12-4-2-1-3-10(11)12)7-9-5-6-20-13(9)14(19)17-16/h1-6,8H,7,16H2,(H,17,19). The van der Waals surface area contributed by atoms with Crippen molar-refractivity contribution < 1.29 is 9.21 Å². The molecule has 20 heavy (non-hydrogen) atoms. The Hall–Kier alpha value is -2.05. The molecule has 3 rings (SSSR count). The van der Waals surface area contributed by atoms with E-state index in [4.69, 9.17) is 10.3 Å². The second-order valence-corrected chi connectivity index (χ2v) is 5.22. The summed E-state index contributed by atoms with van der Waals surface area (Å²) >= 11 is 3.54. The van der Waals surface area contributed by atoms with Gasteiger partial charge in [-0.1, -0.05) is 18.2 Å². The van der Waals surface area contributed by atoms with Gasteiger partial charge in [-0.2, -0.15) is 0 Å².